The lowest BCUT2D eigenvalue weighted by Crippen LogP contribution is -2.27. The molecule has 0 saturated carbocycles. The zero-order chi connectivity index (χ0) is 14.4. The van der Waals surface area contributed by atoms with Crippen LogP contribution in [0.4, 0.5) is 0 Å². The Balaban J connectivity index is 2.82. The molecule has 0 radical (unpaired) electrons. The van der Waals surface area contributed by atoms with Gasteiger partial charge in [-0.15, -0.1) is 0 Å². The molecule has 3 nitrogen and oxygen atoms in total. The molecule has 1 heterocycles. The van der Waals surface area contributed by atoms with Gasteiger partial charge in [-0.3, -0.25) is 4.68 Å². The van der Waals surface area contributed by atoms with E-state index in [1.807, 2.05) is 16.4 Å². The number of halogens is 1. The summed E-state index contributed by atoms with van der Waals surface area (Å²) in [6.07, 6.45) is 1.76. The molecule has 1 unspecified atom stereocenters. The highest BCUT2D eigenvalue weighted by Gasteiger charge is 2.21. The van der Waals surface area contributed by atoms with Crippen LogP contribution in [-0.2, 0) is 0 Å². The summed E-state index contributed by atoms with van der Waals surface area (Å²) in [4.78, 5) is 0. The largest absolute Gasteiger partial charge is 0.308 e. The van der Waals surface area contributed by atoms with Crippen molar-refractivity contribution in [2.24, 2.45) is 5.92 Å². The number of hydrogen-bond acceptors (Lipinski definition) is 3. The summed E-state index contributed by atoms with van der Waals surface area (Å²) in [5.41, 5.74) is 1.12. The van der Waals surface area contributed by atoms with Gasteiger partial charge in [0.25, 0.3) is 0 Å². The molecule has 5 heteroatoms. The van der Waals surface area contributed by atoms with Gasteiger partial charge in [0.05, 0.1) is 23.0 Å². The van der Waals surface area contributed by atoms with Crippen LogP contribution in [0, 0.1) is 5.92 Å². The van der Waals surface area contributed by atoms with Gasteiger partial charge >= 0.3 is 0 Å². The van der Waals surface area contributed by atoms with Gasteiger partial charge < -0.3 is 5.32 Å². The second kappa shape index (κ2) is 8.18. The number of aromatic nitrogens is 2. The van der Waals surface area contributed by atoms with Gasteiger partial charge in [0.2, 0.25) is 0 Å². The second-order valence-corrected chi connectivity index (χ2v) is 6.94. The molecule has 1 N–H and O–H groups in total. The molecule has 0 aromatic carbocycles. The monoisotopic (exact) mass is 303 g/mol. The molecule has 0 amide bonds. The first-order valence-electron chi connectivity index (χ1n) is 7.01. The van der Waals surface area contributed by atoms with Crippen molar-refractivity contribution in [3.63, 3.8) is 0 Å². The van der Waals surface area contributed by atoms with E-state index in [2.05, 4.69) is 45.0 Å². The first kappa shape index (κ1) is 16.9. The van der Waals surface area contributed by atoms with Gasteiger partial charge in [-0.25, -0.2) is 0 Å². The molecule has 1 aromatic rings. The molecule has 1 aromatic heterocycles. The summed E-state index contributed by atoms with van der Waals surface area (Å²) in [7, 11) is 0. The Bertz CT molecular complexity index is 377. The summed E-state index contributed by atoms with van der Waals surface area (Å²) < 4.78 is 2.03. The van der Waals surface area contributed by atoms with E-state index in [-0.39, 0.29) is 6.04 Å². The van der Waals surface area contributed by atoms with Crippen LogP contribution in [0.3, 0.4) is 0 Å². The molecule has 0 saturated heterocycles. The lowest BCUT2D eigenvalue weighted by Gasteiger charge is -2.22. The maximum absolute atomic E-state index is 6.33. The molecule has 0 bridgehead atoms. The van der Waals surface area contributed by atoms with Gasteiger partial charge in [0.15, 0.2) is 0 Å². The van der Waals surface area contributed by atoms with Crippen molar-refractivity contribution in [3.05, 3.63) is 16.9 Å². The van der Waals surface area contributed by atoms with Crippen molar-refractivity contribution in [1.29, 1.82) is 0 Å². The van der Waals surface area contributed by atoms with Crippen molar-refractivity contribution in [2.75, 3.05) is 18.1 Å². The molecular weight excluding hydrogens is 278 g/mol. The van der Waals surface area contributed by atoms with E-state index >= 15 is 0 Å². The summed E-state index contributed by atoms with van der Waals surface area (Å²) in [6.45, 7) is 11.8. The quantitative estimate of drug-likeness (QED) is 0.782. The third-order valence-electron chi connectivity index (χ3n) is 2.79. The van der Waals surface area contributed by atoms with Crippen LogP contribution in [0.2, 0.25) is 5.02 Å². The molecule has 19 heavy (non-hydrogen) atoms. The maximum Gasteiger partial charge on any atom is 0.0834 e. The van der Waals surface area contributed by atoms with Gasteiger partial charge in [-0.2, -0.15) is 16.9 Å². The molecule has 1 atom stereocenters. The van der Waals surface area contributed by atoms with E-state index in [1.165, 1.54) is 5.75 Å². The topological polar surface area (TPSA) is 29.9 Å². The Kier molecular flexibility index (Phi) is 7.26. The number of nitrogens with zero attached hydrogens (tertiary/aromatic N) is 2. The van der Waals surface area contributed by atoms with E-state index in [1.54, 1.807) is 6.20 Å². The first-order valence-corrected chi connectivity index (χ1v) is 8.54. The van der Waals surface area contributed by atoms with E-state index < -0.39 is 0 Å². The Hall–Kier alpha value is -0.190. The highest BCUT2D eigenvalue weighted by molar-refractivity contribution is 7.99. The first-order chi connectivity index (χ1) is 8.97. The normalized spacial score (nSPS) is 13.5. The molecular formula is C14H26ClN3S. The van der Waals surface area contributed by atoms with E-state index in [0.29, 0.717) is 6.04 Å². The van der Waals surface area contributed by atoms with Crippen LogP contribution in [0.1, 0.15) is 52.4 Å². The summed E-state index contributed by atoms with van der Waals surface area (Å²) in [6, 6.07) is 0.602. The summed E-state index contributed by atoms with van der Waals surface area (Å²) in [5.74, 6) is 2.93. The fourth-order valence-electron chi connectivity index (χ4n) is 1.99. The fourth-order valence-corrected chi connectivity index (χ4v) is 3.37. The van der Waals surface area contributed by atoms with Crippen LogP contribution in [0.5, 0.6) is 0 Å². The lowest BCUT2D eigenvalue weighted by atomic mass is 10.2. The summed E-state index contributed by atoms with van der Waals surface area (Å²) in [5, 5.41) is 8.69. The van der Waals surface area contributed by atoms with Crippen LogP contribution >= 0.6 is 23.4 Å². The molecule has 0 spiro atoms. The highest BCUT2D eigenvalue weighted by atomic mass is 35.5. The summed E-state index contributed by atoms with van der Waals surface area (Å²) >= 11 is 8.30. The van der Waals surface area contributed by atoms with Crippen molar-refractivity contribution in [2.45, 2.75) is 46.7 Å². The van der Waals surface area contributed by atoms with E-state index in [0.717, 1.165) is 28.9 Å². The van der Waals surface area contributed by atoms with Crippen LogP contribution in [-0.4, -0.2) is 27.8 Å². The molecule has 0 aliphatic heterocycles. The Morgan fingerprint density at radius 2 is 2.00 bits per heavy atom. The maximum atomic E-state index is 6.33. The van der Waals surface area contributed by atoms with Gasteiger partial charge in [-0.05, 0) is 32.1 Å². The van der Waals surface area contributed by atoms with Crippen LogP contribution in [0.15, 0.2) is 6.20 Å². The molecule has 0 aliphatic carbocycles. The lowest BCUT2D eigenvalue weighted by molar-refractivity contribution is 0.468. The second-order valence-electron chi connectivity index (χ2n) is 5.46. The van der Waals surface area contributed by atoms with Gasteiger partial charge in [0.1, 0.15) is 0 Å². The SMILES string of the molecule is CCNC(CSCC(C)C)c1c(Cl)cnn1C(C)C. The predicted octanol–water partition coefficient (Wildman–Crippen LogP) is 4.16. The zero-order valence-electron chi connectivity index (χ0n) is 12.6. The third kappa shape index (κ3) is 5.01. The standard InChI is InChI=1S/C14H26ClN3S/c1-6-16-13(9-19-8-10(2)3)14-12(15)7-17-18(14)11(4)5/h7,10-11,13,16H,6,8-9H2,1-5H3. The molecule has 0 fully saturated rings. The predicted molar refractivity (Wildman–Crippen MR) is 86.2 cm³/mol. The van der Waals surface area contributed by atoms with Crippen molar-refractivity contribution < 1.29 is 0 Å². The molecule has 0 aliphatic rings. The average molecular weight is 304 g/mol. The van der Waals surface area contributed by atoms with Gasteiger partial charge in [0, 0.05) is 11.8 Å². The minimum atomic E-state index is 0.270. The molecule has 110 valence electrons. The molecule has 1 rings (SSSR count). The van der Waals surface area contributed by atoms with E-state index in [4.69, 9.17) is 11.6 Å². The fraction of sp³-hybridized carbons (Fsp3) is 0.786. The Morgan fingerprint density at radius 1 is 1.32 bits per heavy atom. The van der Waals surface area contributed by atoms with E-state index in [9.17, 15) is 0 Å². The minimum Gasteiger partial charge on any atom is -0.308 e. The minimum absolute atomic E-state index is 0.270. The van der Waals surface area contributed by atoms with Crippen LogP contribution < -0.4 is 5.32 Å². The zero-order valence-corrected chi connectivity index (χ0v) is 14.2. The number of thioether (sulfide) groups is 1. The van der Waals surface area contributed by atoms with Crippen molar-refractivity contribution in [1.82, 2.24) is 15.1 Å². The highest BCUT2D eigenvalue weighted by Crippen LogP contribution is 2.28. The number of nitrogens with one attached hydrogen (secondary N) is 1. The third-order valence-corrected chi connectivity index (χ3v) is 4.56. The van der Waals surface area contributed by atoms with Crippen molar-refractivity contribution in [3.8, 4) is 0 Å². The van der Waals surface area contributed by atoms with Crippen molar-refractivity contribution >= 4 is 23.4 Å². The van der Waals surface area contributed by atoms with Gasteiger partial charge in [-0.1, -0.05) is 32.4 Å². The Morgan fingerprint density at radius 3 is 2.53 bits per heavy atom. The number of hydrogen-bond donors (Lipinski definition) is 1. The average Bonchev–Trinajstić information content (AvgIpc) is 2.69. The smallest absolute Gasteiger partial charge is 0.0834 e. The number of rotatable bonds is 8. The van der Waals surface area contributed by atoms with Crippen LogP contribution in [0.25, 0.3) is 0 Å². The Labute approximate surface area is 126 Å².